The second kappa shape index (κ2) is 9.38. The van der Waals surface area contributed by atoms with Gasteiger partial charge < -0.3 is 14.8 Å². The van der Waals surface area contributed by atoms with Crippen molar-refractivity contribution in [1.29, 1.82) is 0 Å². The van der Waals surface area contributed by atoms with Crippen molar-refractivity contribution in [2.45, 2.75) is 20.0 Å². The number of rotatable bonds is 7. The minimum absolute atomic E-state index is 0.164. The molecule has 1 aromatic heterocycles. The SMILES string of the molecule is CCOc1ccccc1NC(=O)C(C)OC(=O)c1cc(-c2ccc(Br)cc2)n[nH]1. The summed E-state index contributed by atoms with van der Waals surface area (Å²) < 4.78 is 11.7. The first-order chi connectivity index (χ1) is 14.0. The average molecular weight is 458 g/mol. The third kappa shape index (κ3) is 5.23. The number of anilines is 1. The molecule has 0 aliphatic heterocycles. The number of aromatic amines is 1. The van der Waals surface area contributed by atoms with Crippen LogP contribution >= 0.6 is 15.9 Å². The Morgan fingerprint density at radius 1 is 1.17 bits per heavy atom. The van der Waals surface area contributed by atoms with E-state index in [1.54, 1.807) is 24.3 Å². The summed E-state index contributed by atoms with van der Waals surface area (Å²) in [7, 11) is 0. The first-order valence-corrected chi connectivity index (χ1v) is 9.82. The molecule has 1 atom stereocenters. The third-order valence-electron chi connectivity index (χ3n) is 4.04. The molecule has 0 aliphatic rings. The molecule has 1 amide bonds. The van der Waals surface area contributed by atoms with Crippen LogP contribution in [0.15, 0.2) is 59.1 Å². The van der Waals surface area contributed by atoms with Crippen molar-refractivity contribution in [2.24, 2.45) is 0 Å². The van der Waals surface area contributed by atoms with Crippen molar-refractivity contribution >= 4 is 33.5 Å². The van der Waals surface area contributed by atoms with Crippen LogP contribution in [0.3, 0.4) is 0 Å². The number of hydrogen-bond donors (Lipinski definition) is 2. The van der Waals surface area contributed by atoms with Crippen molar-refractivity contribution in [1.82, 2.24) is 10.2 Å². The van der Waals surface area contributed by atoms with Gasteiger partial charge in [-0.25, -0.2) is 4.79 Å². The lowest BCUT2D eigenvalue weighted by molar-refractivity contribution is -0.123. The van der Waals surface area contributed by atoms with Gasteiger partial charge in [0.05, 0.1) is 18.0 Å². The molecule has 1 heterocycles. The number of ether oxygens (including phenoxy) is 2. The normalized spacial score (nSPS) is 11.6. The van der Waals surface area contributed by atoms with Gasteiger partial charge in [0.1, 0.15) is 11.4 Å². The number of carbonyl (C=O) groups excluding carboxylic acids is 2. The Hall–Kier alpha value is -3.13. The van der Waals surface area contributed by atoms with Crippen LogP contribution in [0.1, 0.15) is 24.3 Å². The van der Waals surface area contributed by atoms with Gasteiger partial charge in [-0.1, -0.05) is 40.2 Å². The van der Waals surface area contributed by atoms with Crippen molar-refractivity contribution in [3.8, 4) is 17.0 Å². The summed E-state index contributed by atoms with van der Waals surface area (Å²) >= 11 is 3.38. The standard InChI is InChI=1S/C21H20BrN3O4/c1-3-28-19-7-5-4-6-16(19)23-20(26)13(2)29-21(27)18-12-17(24-25-18)14-8-10-15(22)11-9-14/h4-13H,3H2,1-2H3,(H,23,26)(H,24,25). The van der Waals surface area contributed by atoms with Gasteiger partial charge in [0.15, 0.2) is 6.10 Å². The van der Waals surface area contributed by atoms with Gasteiger partial charge >= 0.3 is 5.97 Å². The highest BCUT2D eigenvalue weighted by Gasteiger charge is 2.21. The predicted octanol–water partition coefficient (Wildman–Crippen LogP) is 4.42. The molecule has 29 heavy (non-hydrogen) atoms. The lowest BCUT2D eigenvalue weighted by atomic mass is 10.1. The molecule has 0 radical (unpaired) electrons. The zero-order valence-electron chi connectivity index (χ0n) is 15.9. The Kier molecular flexibility index (Phi) is 6.66. The summed E-state index contributed by atoms with van der Waals surface area (Å²) in [5, 5.41) is 9.50. The minimum Gasteiger partial charge on any atom is -0.492 e. The number of esters is 1. The Morgan fingerprint density at radius 2 is 1.90 bits per heavy atom. The number of hydrogen-bond acceptors (Lipinski definition) is 5. The number of H-pyrrole nitrogens is 1. The average Bonchev–Trinajstić information content (AvgIpc) is 3.20. The molecular weight excluding hydrogens is 438 g/mol. The second-order valence-electron chi connectivity index (χ2n) is 6.14. The van der Waals surface area contributed by atoms with Gasteiger partial charge in [-0.05, 0) is 44.2 Å². The van der Waals surface area contributed by atoms with E-state index in [2.05, 4.69) is 31.4 Å². The largest absolute Gasteiger partial charge is 0.492 e. The molecule has 2 N–H and O–H groups in total. The van der Waals surface area contributed by atoms with Crippen molar-refractivity contribution < 1.29 is 19.1 Å². The van der Waals surface area contributed by atoms with E-state index in [1.165, 1.54) is 6.92 Å². The Labute approximate surface area is 176 Å². The molecule has 0 bridgehead atoms. The van der Waals surface area contributed by atoms with Crippen LogP contribution in [0.5, 0.6) is 5.75 Å². The third-order valence-corrected chi connectivity index (χ3v) is 4.56. The summed E-state index contributed by atoms with van der Waals surface area (Å²) in [5.74, 6) is -0.575. The smallest absolute Gasteiger partial charge is 0.357 e. The predicted molar refractivity (Wildman–Crippen MR) is 113 cm³/mol. The van der Waals surface area contributed by atoms with Crippen LogP contribution in [-0.2, 0) is 9.53 Å². The summed E-state index contributed by atoms with van der Waals surface area (Å²) in [5.41, 5.74) is 2.13. The summed E-state index contributed by atoms with van der Waals surface area (Å²) in [6.45, 7) is 3.83. The maximum absolute atomic E-state index is 12.4. The highest BCUT2D eigenvalue weighted by Crippen LogP contribution is 2.24. The molecule has 0 saturated carbocycles. The highest BCUT2D eigenvalue weighted by atomic mass is 79.9. The second-order valence-corrected chi connectivity index (χ2v) is 7.06. The fourth-order valence-corrected chi connectivity index (χ4v) is 2.82. The zero-order valence-corrected chi connectivity index (χ0v) is 17.5. The van der Waals surface area contributed by atoms with E-state index in [1.807, 2.05) is 37.3 Å². The minimum atomic E-state index is -1.00. The fraction of sp³-hybridized carbons (Fsp3) is 0.190. The number of benzene rings is 2. The summed E-state index contributed by atoms with van der Waals surface area (Å²) in [4.78, 5) is 24.8. The molecule has 2 aromatic carbocycles. The molecule has 0 fully saturated rings. The molecule has 0 saturated heterocycles. The van der Waals surface area contributed by atoms with Crippen LogP contribution in [0, 0.1) is 0 Å². The zero-order chi connectivity index (χ0) is 20.8. The van der Waals surface area contributed by atoms with E-state index >= 15 is 0 Å². The molecule has 1 unspecified atom stereocenters. The lowest BCUT2D eigenvalue weighted by Gasteiger charge is -2.15. The van der Waals surface area contributed by atoms with Gasteiger partial charge in [-0.3, -0.25) is 9.89 Å². The van der Waals surface area contributed by atoms with E-state index in [9.17, 15) is 9.59 Å². The topological polar surface area (TPSA) is 93.3 Å². The van der Waals surface area contributed by atoms with Crippen LogP contribution in [0.4, 0.5) is 5.69 Å². The Balaban J connectivity index is 1.63. The molecule has 7 nitrogen and oxygen atoms in total. The van der Waals surface area contributed by atoms with Gasteiger partial charge in [-0.2, -0.15) is 5.10 Å². The number of aromatic nitrogens is 2. The molecule has 3 aromatic rings. The van der Waals surface area contributed by atoms with E-state index in [-0.39, 0.29) is 5.69 Å². The number of nitrogens with zero attached hydrogens (tertiary/aromatic N) is 1. The molecule has 0 aliphatic carbocycles. The summed E-state index contributed by atoms with van der Waals surface area (Å²) in [6.07, 6.45) is -1.00. The Morgan fingerprint density at radius 3 is 2.62 bits per heavy atom. The molecular formula is C21H20BrN3O4. The Bertz CT molecular complexity index is 1000. The fourth-order valence-electron chi connectivity index (χ4n) is 2.56. The molecule has 3 rings (SSSR count). The number of amides is 1. The maximum atomic E-state index is 12.4. The van der Waals surface area contributed by atoms with Gasteiger partial charge in [0.25, 0.3) is 5.91 Å². The molecule has 0 spiro atoms. The molecule has 8 heteroatoms. The van der Waals surface area contributed by atoms with Gasteiger partial charge in [0.2, 0.25) is 0 Å². The van der Waals surface area contributed by atoms with Gasteiger partial charge in [0, 0.05) is 10.0 Å². The maximum Gasteiger partial charge on any atom is 0.357 e. The van der Waals surface area contributed by atoms with E-state index in [0.717, 1.165) is 10.0 Å². The van der Waals surface area contributed by atoms with Crippen LogP contribution in [0.2, 0.25) is 0 Å². The van der Waals surface area contributed by atoms with E-state index in [4.69, 9.17) is 9.47 Å². The summed E-state index contributed by atoms with van der Waals surface area (Å²) in [6, 6.07) is 16.2. The van der Waals surface area contributed by atoms with Gasteiger partial charge in [-0.15, -0.1) is 0 Å². The number of halogens is 1. The highest BCUT2D eigenvalue weighted by molar-refractivity contribution is 9.10. The number of nitrogens with one attached hydrogen (secondary N) is 2. The monoisotopic (exact) mass is 457 g/mol. The van der Waals surface area contributed by atoms with E-state index < -0.39 is 18.0 Å². The van der Waals surface area contributed by atoms with Crippen LogP contribution < -0.4 is 10.1 Å². The van der Waals surface area contributed by atoms with E-state index in [0.29, 0.717) is 23.7 Å². The first kappa shape index (κ1) is 20.6. The lowest BCUT2D eigenvalue weighted by Crippen LogP contribution is -2.30. The first-order valence-electron chi connectivity index (χ1n) is 9.03. The van der Waals surface area contributed by atoms with Crippen molar-refractivity contribution in [3.63, 3.8) is 0 Å². The van der Waals surface area contributed by atoms with Crippen LogP contribution in [0.25, 0.3) is 11.3 Å². The quantitative estimate of drug-likeness (QED) is 0.512. The number of para-hydroxylation sites is 2. The van der Waals surface area contributed by atoms with Crippen molar-refractivity contribution in [2.75, 3.05) is 11.9 Å². The number of carbonyl (C=O) groups is 2. The van der Waals surface area contributed by atoms with Crippen molar-refractivity contribution in [3.05, 3.63) is 64.8 Å². The van der Waals surface area contributed by atoms with Crippen LogP contribution in [-0.4, -0.2) is 34.8 Å². The molecule has 150 valence electrons.